The minimum absolute atomic E-state index is 0.0237. The maximum atomic E-state index is 12.5. The van der Waals surface area contributed by atoms with Crippen molar-refractivity contribution in [3.05, 3.63) is 34.4 Å². The fourth-order valence-electron chi connectivity index (χ4n) is 1.62. The van der Waals surface area contributed by atoms with Crippen molar-refractivity contribution in [2.24, 2.45) is 7.05 Å². The highest BCUT2D eigenvalue weighted by Gasteiger charge is 2.28. The molecule has 0 radical (unpaired) electrons. The van der Waals surface area contributed by atoms with E-state index in [1.165, 1.54) is 23.1 Å². The molecule has 8 heteroatoms. The van der Waals surface area contributed by atoms with Gasteiger partial charge in [0.1, 0.15) is 0 Å². The highest BCUT2D eigenvalue weighted by atomic mass is 79.9. The topological polar surface area (TPSA) is 68.1 Å². The van der Waals surface area contributed by atoms with Crippen molar-refractivity contribution in [1.82, 2.24) is 15.0 Å². The average Bonchev–Trinajstić information content (AvgIpc) is 2.69. The Morgan fingerprint density at radius 3 is 2.32 bits per heavy atom. The van der Waals surface area contributed by atoms with Crippen molar-refractivity contribution in [3.63, 3.8) is 0 Å². The largest absolute Gasteiger partial charge is 0.284 e. The first-order valence-electron chi connectivity index (χ1n) is 5.45. The van der Waals surface area contributed by atoms with Crippen LogP contribution in [0.25, 0.3) is 0 Å². The second kappa shape index (κ2) is 4.93. The quantitative estimate of drug-likeness (QED) is 0.849. The van der Waals surface area contributed by atoms with Gasteiger partial charge in [0.2, 0.25) is 5.03 Å². The summed E-state index contributed by atoms with van der Waals surface area (Å²) in [5.41, 5.74) is 1.65. The predicted octanol–water partition coefficient (Wildman–Crippen LogP) is 1.71. The number of benzene rings is 1. The first-order chi connectivity index (χ1) is 8.84. The smallest absolute Gasteiger partial charge is 0.268 e. The maximum absolute atomic E-state index is 12.5. The van der Waals surface area contributed by atoms with E-state index < -0.39 is 10.0 Å². The van der Waals surface area contributed by atoms with Gasteiger partial charge >= 0.3 is 0 Å². The molecule has 102 valence electrons. The van der Waals surface area contributed by atoms with E-state index in [2.05, 4.69) is 26.2 Å². The molecule has 0 saturated heterocycles. The molecular weight excluding hydrogens is 332 g/mol. The molecule has 0 saturated carbocycles. The SMILES string of the molecule is Cc1ccc(N(C)S(=O)(=O)c2c(Br)nnn2C)cc1. The molecule has 0 aliphatic rings. The number of rotatable bonds is 3. The molecule has 0 N–H and O–H groups in total. The standard InChI is InChI=1S/C11H13BrN4O2S/c1-8-4-6-9(7-5-8)16(3)19(17,18)11-10(12)13-14-15(11)2/h4-7H,1-3H3. The van der Waals surface area contributed by atoms with Crippen LogP contribution < -0.4 is 4.31 Å². The van der Waals surface area contributed by atoms with Crippen molar-refractivity contribution in [3.8, 4) is 0 Å². The summed E-state index contributed by atoms with van der Waals surface area (Å²) in [6, 6.07) is 7.23. The normalized spacial score (nSPS) is 11.6. The van der Waals surface area contributed by atoms with E-state index in [9.17, 15) is 8.42 Å². The molecule has 0 unspecified atom stereocenters. The fourth-order valence-corrected chi connectivity index (χ4v) is 3.84. The highest BCUT2D eigenvalue weighted by Crippen LogP contribution is 2.25. The first kappa shape index (κ1) is 14.0. The van der Waals surface area contributed by atoms with Crippen LogP contribution >= 0.6 is 15.9 Å². The molecule has 1 heterocycles. The summed E-state index contributed by atoms with van der Waals surface area (Å²) < 4.78 is 27.7. The Balaban J connectivity index is 2.48. The van der Waals surface area contributed by atoms with E-state index >= 15 is 0 Å². The van der Waals surface area contributed by atoms with E-state index in [0.29, 0.717) is 5.69 Å². The Kier molecular flexibility index (Phi) is 3.64. The molecule has 0 atom stereocenters. The number of hydrogen-bond acceptors (Lipinski definition) is 4. The molecular formula is C11H13BrN4O2S. The summed E-state index contributed by atoms with van der Waals surface area (Å²) in [4.78, 5) is 0. The van der Waals surface area contributed by atoms with Crippen LogP contribution in [0.2, 0.25) is 0 Å². The number of nitrogens with zero attached hydrogens (tertiary/aromatic N) is 4. The van der Waals surface area contributed by atoms with Crippen LogP contribution in [0.3, 0.4) is 0 Å². The number of aryl methyl sites for hydroxylation is 2. The van der Waals surface area contributed by atoms with Gasteiger partial charge in [-0.2, -0.15) is 8.42 Å². The zero-order chi connectivity index (χ0) is 14.2. The molecule has 1 aromatic carbocycles. The van der Waals surface area contributed by atoms with E-state index in [-0.39, 0.29) is 9.63 Å². The van der Waals surface area contributed by atoms with Gasteiger partial charge in [-0.05, 0) is 35.0 Å². The van der Waals surface area contributed by atoms with Gasteiger partial charge in [0.05, 0.1) is 5.69 Å². The minimum atomic E-state index is -3.70. The summed E-state index contributed by atoms with van der Waals surface area (Å²) in [6.07, 6.45) is 0. The molecule has 2 rings (SSSR count). The maximum Gasteiger partial charge on any atom is 0.284 e. The van der Waals surface area contributed by atoms with Crippen molar-refractivity contribution in [2.75, 3.05) is 11.4 Å². The minimum Gasteiger partial charge on any atom is -0.268 e. The van der Waals surface area contributed by atoms with Gasteiger partial charge in [-0.3, -0.25) is 4.31 Å². The van der Waals surface area contributed by atoms with Gasteiger partial charge in [0, 0.05) is 14.1 Å². The van der Waals surface area contributed by atoms with Crippen LogP contribution in [0.15, 0.2) is 33.9 Å². The predicted molar refractivity (Wildman–Crippen MR) is 75.5 cm³/mol. The number of halogens is 1. The first-order valence-corrected chi connectivity index (χ1v) is 7.68. The lowest BCUT2D eigenvalue weighted by Crippen LogP contribution is -2.28. The summed E-state index contributed by atoms with van der Waals surface area (Å²) in [6.45, 7) is 1.94. The van der Waals surface area contributed by atoms with Crippen LogP contribution in [0.1, 0.15) is 5.56 Å². The molecule has 6 nitrogen and oxygen atoms in total. The Morgan fingerprint density at radius 2 is 1.84 bits per heavy atom. The van der Waals surface area contributed by atoms with Crippen LogP contribution in [0, 0.1) is 6.92 Å². The van der Waals surface area contributed by atoms with Crippen molar-refractivity contribution in [2.45, 2.75) is 11.9 Å². The molecule has 0 spiro atoms. The fraction of sp³-hybridized carbons (Fsp3) is 0.273. The second-order valence-electron chi connectivity index (χ2n) is 4.12. The van der Waals surface area contributed by atoms with Crippen LogP contribution in [-0.4, -0.2) is 30.5 Å². The molecule has 0 aliphatic heterocycles. The Hall–Kier alpha value is -1.41. The number of hydrogen-bond donors (Lipinski definition) is 0. The monoisotopic (exact) mass is 344 g/mol. The Labute approximate surface area is 120 Å². The molecule has 0 fully saturated rings. The lowest BCUT2D eigenvalue weighted by Gasteiger charge is -2.19. The van der Waals surface area contributed by atoms with Crippen LogP contribution in [0.5, 0.6) is 0 Å². The van der Waals surface area contributed by atoms with E-state index in [4.69, 9.17) is 0 Å². The van der Waals surface area contributed by atoms with Crippen LogP contribution in [0.4, 0.5) is 5.69 Å². The average molecular weight is 345 g/mol. The Morgan fingerprint density at radius 1 is 1.26 bits per heavy atom. The van der Waals surface area contributed by atoms with Gasteiger partial charge in [-0.25, -0.2) is 4.68 Å². The second-order valence-corrected chi connectivity index (χ2v) is 6.75. The molecule has 2 aromatic rings. The third-order valence-electron chi connectivity index (χ3n) is 2.74. The van der Waals surface area contributed by atoms with Gasteiger partial charge in [0.25, 0.3) is 10.0 Å². The third-order valence-corrected chi connectivity index (χ3v) is 5.41. The van der Waals surface area contributed by atoms with Gasteiger partial charge in [-0.15, -0.1) is 5.10 Å². The lowest BCUT2D eigenvalue weighted by atomic mass is 10.2. The van der Waals surface area contributed by atoms with Gasteiger partial charge in [-0.1, -0.05) is 22.9 Å². The number of aromatic nitrogens is 3. The van der Waals surface area contributed by atoms with E-state index in [1.54, 1.807) is 12.1 Å². The number of sulfonamides is 1. The Bertz CT molecular complexity index is 674. The number of anilines is 1. The van der Waals surface area contributed by atoms with Crippen molar-refractivity contribution >= 4 is 31.6 Å². The molecule has 0 aliphatic carbocycles. The summed E-state index contributed by atoms with van der Waals surface area (Å²) in [5.74, 6) is 0. The van der Waals surface area contributed by atoms with Crippen molar-refractivity contribution in [1.29, 1.82) is 0 Å². The molecule has 19 heavy (non-hydrogen) atoms. The zero-order valence-corrected chi connectivity index (χ0v) is 13.1. The highest BCUT2D eigenvalue weighted by molar-refractivity contribution is 9.10. The van der Waals surface area contributed by atoms with Crippen molar-refractivity contribution < 1.29 is 8.42 Å². The van der Waals surface area contributed by atoms with E-state index in [1.807, 2.05) is 19.1 Å². The van der Waals surface area contributed by atoms with Crippen LogP contribution in [-0.2, 0) is 17.1 Å². The summed E-state index contributed by atoms with van der Waals surface area (Å²) >= 11 is 3.11. The third kappa shape index (κ3) is 2.50. The summed E-state index contributed by atoms with van der Waals surface area (Å²) in [5, 5.41) is 7.41. The van der Waals surface area contributed by atoms with E-state index in [0.717, 1.165) is 5.56 Å². The molecule has 0 amide bonds. The van der Waals surface area contributed by atoms with Gasteiger partial charge < -0.3 is 0 Å². The molecule has 1 aromatic heterocycles. The molecule has 0 bridgehead atoms. The van der Waals surface area contributed by atoms with Gasteiger partial charge in [0.15, 0.2) is 4.60 Å². The lowest BCUT2D eigenvalue weighted by molar-refractivity contribution is 0.572. The zero-order valence-electron chi connectivity index (χ0n) is 10.7. The summed E-state index contributed by atoms with van der Waals surface area (Å²) in [7, 11) is -0.664.